The van der Waals surface area contributed by atoms with Gasteiger partial charge in [0, 0.05) is 18.4 Å². The largest absolute Gasteiger partial charge is 0.264 e. The molecule has 5 heteroatoms. The first-order valence-corrected chi connectivity index (χ1v) is 5.75. The number of pyridine rings is 1. The standard InChI is InChI=1S/C8H12N2O2S/c1-7(10-13(2,11)12)8-4-3-5-9-6-8/h3-7,10H,1-2H3/t7-/m1/s1. The maximum absolute atomic E-state index is 10.9. The lowest BCUT2D eigenvalue weighted by atomic mass is 10.2. The number of nitrogens with zero attached hydrogens (tertiary/aromatic N) is 1. The first-order valence-electron chi connectivity index (χ1n) is 3.86. The number of nitrogens with one attached hydrogen (secondary N) is 1. The Morgan fingerprint density at radius 1 is 1.54 bits per heavy atom. The molecule has 4 nitrogen and oxygen atoms in total. The van der Waals surface area contributed by atoms with Crippen LogP contribution in [-0.2, 0) is 10.0 Å². The van der Waals surface area contributed by atoms with E-state index in [1.54, 1.807) is 25.4 Å². The average molecular weight is 200 g/mol. The number of hydrogen-bond donors (Lipinski definition) is 1. The van der Waals surface area contributed by atoms with Gasteiger partial charge in [-0.1, -0.05) is 6.07 Å². The summed E-state index contributed by atoms with van der Waals surface area (Å²) in [4.78, 5) is 3.90. The Morgan fingerprint density at radius 2 is 2.23 bits per heavy atom. The molecule has 1 aromatic rings. The van der Waals surface area contributed by atoms with Crippen molar-refractivity contribution in [2.24, 2.45) is 0 Å². The van der Waals surface area contributed by atoms with Gasteiger partial charge in [-0.3, -0.25) is 4.98 Å². The summed E-state index contributed by atoms with van der Waals surface area (Å²) < 4.78 is 24.2. The third-order valence-corrected chi connectivity index (χ3v) is 2.36. The normalized spacial score (nSPS) is 14.0. The van der Waals surface area contributed by atoms with Crippen molar-refractivity contribution in [3.05, 3.63) is 30.1 Å². The third-order valence-electron chi connectivity index (χ3n) is 1.58. The summed E-state index contributed by atoms with van der Waals surface area (Å²) in [5.41, 5.74) is 0.855. The maximum Gasteiger partial charge on any atom is 0.209 e. The van der Waals surface area contributed by atoms with E-state index in [0.29, 0.717) is 0 Å². The molecule has 1 heterocycles. The van der Waals surface area contributed by atoms with Gasteiger partial charge in [0.1, 0.15) is 0 Å². The predicted molar refractivity (Wildman–Crippen MR) is 50.6 cm³/mol. The zero-order valence-corrected chi connectivity index (χ0v) is 8.38. The van der Waals surface area contributed by atoms with E-state index in [-0.39, 0.29) is 6.04 Å². The smallest absolute Gasteiger partial charge is 0.209 e. The second-order valence-electron chi connectivity index (χ2n) is 2.90. The molecule has 0 fully saturated rings. The van der Waals surface area contributed by atoms with Crippen molar-refractivity contribution >= 4 is 10.0 Å². The van der Waals surface area contributed by atoms with Gasteiger partial charge < -0.3 is 0 Å². The Balaban J connectivity index is 2.76. The molecule has 0 unspecified atom stereocenters. The molecule has 0 aliphatic rings. The molecule has 0 bridgehead atoms. The molecule has 0 saturated carbocycles. The maximum atomic E-state index is 10.9. The fraction of sp³-hybridized carbons (Fsp3) is 0.375. The Bertz CT molecular complexity index is 361. The molecule has 0 spiro atoms. The van der Waals surface area contributed by atoms with E-state index in [9.17, 15) is 8.42 Å². The van der Waals surface area contributed by atoms with Crippen LogP contribution in [0.25, 0.3) is 0 Å². The molecule has 1 atom stereocenters. The van der Waals surface area contributed by atoms with Gasteiger partial charge in [0.15, 0.2) is 0 Å². The van der Waals surface area contributed by atoms with Gasteiger partial charge >= 0.3 is 0 Å². The van der Waals surface area contributed by atoms with Crippen molar-refractivity contribution in [2.45, 2.75) is 13.0 Å². The zero-order valence-electron chi connectivity index (χ0n) is 7.56. The van der Waals surface area contributed by atoms with Gasteiger partial charge in [-0.25, -0.2) is 13.1 Å². The Labute approximate surface area is 78.1 Å². The van der Waals surface area contributed by atoms with E-state index in [1.807, 2.05) is 6.07 Å². The minimum atomic E-state index is -3.15. The second-order valence-corrected chi connectivity index (χ2v) is 4.68. The van der Waals surface area contributed by atoms with Gasteiger partial charge in [-0.2, -0.15) is 0 Å². The fourth-order valence-corrected chi connectivity index (χ4v) is 1.80. The van der Waals surface area contributed by atoms with Crippen molar-refractivity contribution < 1.29 is 8.42 Å². The van der Waals surface area contributed by atoms with E-state index in [1.165, 1.54) is 0 Å². The minimum Gasteiger partial charge on any atom is -0.264 e. The summed E-state index contributed by atoms with van der Waals surface area (Å²) in [5.74, 6) is 0. The molecule has 0 aliphatic heterocycles. The minimum absolute atomic E-state index is 0.233. The highest BCUT2D eigenvalue weighted by molar-refractivity contribution is 7.88. The predicted octanol–water partition coefficient (Wildman–Crippen LogP) is 0.692. The van der Waals surface area contributed by atoms with Gasteiger partial charge in [0.25, 0.3) is 0 Å². The van der Waals surface area contributed by atoms with Crippen LogP contribution in [0.4, 0.5) is 0 Å². The van der Waals surface area contributed by atoms with Crippen molar-refractivity contribution in [1.29, 1.82) is 0 Å². The van der Waals surface area contributed by atoms with Crippen LogP contribution in [0, 0.1) is 0 Å². The van der Waals surface area contributed by atoms with Crippen LogP contribution in [-0.4, -0.2) is 19.7 Å². The highest BCUT2D eigenvalue weighted by Crippen LogP contribution is 2.10. The van der Waals surface area contributed by atoms with Gasteiger partial charge in [0.2, 0.25) is 10.0 Å². The van der Waals surface area contributed by atoms with Crippen LogP contribution in [0.15, 0.2) is 24.5 Å². The molecule has 1 aromatic heterocycles. The molecule has 72 valence electrons. The van der Waals surface area contributed by atoms with E-state index < -0.39 is 10.0 Å². The summed E-state index contributed by atoms with van der Waals surface area (Å²) in [7, 11) is -3.15. The van der Waals surface area contributed by atoms with E-state index in [0.717, 1.165) is 11.8 Å². The van der Waals surface area contributed by atoms with Crippen molar-refractivity contribution in [3.8, 4) is 0 Å². The fourth-order valence-electron chi connectivity index (χ4n) is 1.02. The lowest BCUT2D eigenvalue weighted by Gasteiger charge is -2.11. The summed E-state index contributed by atoms with van der Waals surface area (Å²) >= 11 is 0. The number of sulfonamides is 1. The van der Waals surface area contributed by atoms with Crippen LogP contribution in [0.2, 0.25) is 0 Å². The van der Waals surface area contributed by atoms with Crippen molar-refractivity contribution in [1.82, 2.24) is 9.71 Å². The summed E-state index contributed by atoms with van der Waals surface area (Å²) in [6.45, 7) is 1.78. The summed E-state index contributed by atoms with van der Waals surface area (Å²) in [5, 5.41) is 0. The molecule has 0 aliphatic carbocycles. The number of rotatable bonds is 3. The zero-order chi connectivity index (χ0) is 9.90. The number of hydrogen-bond acceptors (Lipinski definition) is 3. The second kappa shape index (κ2) is 3.85. The Kier molecular flexibility index (Phi) is 3.00. The van der Waals surface area contributed by atoms with Crippen molar-refractivity contribution in [3.63, 3.8) is 0 Å². The first-order chi connectivity index (χ1) is 5.99. The molecular weight excluding hydrogens is 188 g/mol. The SMILES string of the molecule is C[C@@H](NS(C)(=O)=O)c1cccnc1. The highest BCUT2D eigenvalue weighted by atomic mass is 32.2. The summed E-state index contributed by atoms with van der Waals surface area (Å²) in [6, 6.07) is 3.37. The molecular formula is C8H12N2O2S. The molecule has 0 saturated heterocycles. The lowest BCUT2D eigenvalue weighted by molar-refractivity contribution is 0.573. The molecule has 1 rings (SSSR count). The lowest BCUT2D eigenvalue weighted by Crippen LogP contribution is -2.25. The van der Waals surface area contributed by atoms with Gasteiger partial charge in [0.05, 0.1) is 6.26 Å². The van der Waals surface area contributed by atoms with Gasteiger partial charge in [-0.05, 0) is 18.6 Å². The topological polar surface area (TPSA) is 59.1 Å². The quantitative estimate of drug-likeness (QED) is 0.781. The number of aromatic nitrogens is 1. The van der Waals surface area contributed by atoms with Crippen molar-refractivity contribution in [2.75, 3.05) is 6.26 Å². The Morgan fingerprint density at radius 3 is 2.69 bits per heavy atom. The van der Waals surface area contributed by atoms with Crippen LogP contribution in [0.5, 0.6) is 0 Å². The van der Waals surface area contributed by atoms with E-state index >= 15 is 0 Å². The monoisotopic (exact) mass is 200 g/mol. The van der Waals surface area contributed by atoms with Crippen LogP contribution >= 0.6 is 0 Å². The van der Waals surface area contributed by atoms with E-state index in [4.69, 9.17) is 0 Å². The first kappa shape index (κ1) is 10.1. The third kappa shape index (κ3) is 3.52. The van der Waals surface area contributed by atoms with Gasteiger partial charge in [-0.15, -0.1) is 0 Å². The molecule has 0 aromatic carbocycles. The van der Waals surface area contributed by atoms with Crippen LogP contribution in [0.1, 0.15) is 18.5 Å². The molecule has 1 N–H and O–H groups in total. The average Bonchev–Trinajstić information content (AvgIpc) is 2.03. The molecule has 0 radical (unpaired) electrons. The van der Waals surface area contributed by atoms with Crippen LogP contribution in [0.3, 0.4) is 0 Å². The summed E-state index contributed by atoms with van der Waals surface area (Å²) in [6.07, 6.45) is 4.43. The van der Waals surface area contributed by atoms with E-state index in [2.05, 4.69) is 9.71 Å². The Hall–Kier alpha value is -0.940. The van der Waals surface area contributed by atoms with Crippen LogP contribution < -0.4 is 4.72 Å². The molecule has 0 amide bonds. The highest BCUT2D eigenvalue weighted by Gasteiger charge is 2.09. The molecule has 13 heavy (non-hydrogen) atoms.